The molecule has 0 unspecified atom stereocenters. The van der Waals surface area contributed by atoms with E-state index < -0.39 is 5.91 Å². The fourth-order valence-electron chi connectivity index (χ4n) is 2.28. The number of aliphatic hydroxyl groups excluding tert-OH is 1. The van der Waals surface area contributed by atoms with Crippen molar-refractivity contribution in [3.63, 3.8) is 0 Å². The third-order valence-corrected chi connectivity index (χ3v) is 3.50. The van der Waals surface area contributed by atoms with Crippen molar-refractivity contribution < 1.29 is 24.1 Å². The predicted octanol–water partition coefficient (Wildman–Crippen LogP) is 1.97. The fourth-order valence-corrected chi connectivity index (χ4v) is 2.28. The van der Waals surface area contributed by atoms with Gasteiger partial charge in [0, 0.05) is 11.1 Å². The second-order valence-corrected chi connectivity index (χ2v) is 4.97. The summed E-state index contributed by atoms with van der Waals surface area (Å²) in [6.45, 7) is -0.222. The zero-order valence-corrected chi connectivity index (χ0v) is 14.3. The molecule has 0 saturated carbocycles. The van der Waals surface area contributed by atoms with Gasteiger partial charge in [-0.15, -0.1) is 0 Å². The van der Waals surface area contributed by atoms with E-state index in [0.29, 0.717) is 33.9 Å². The minimum atomic E-state index is -0.409. The number of hydrogen-bond acceptors (Lipinski definition) is 6. The van der Waals surface area contributed by atoms with Gasteiger partial charge < -0.3 is 19.3 Å². The molecule has 2 rings (SSSR count). The molecular formula is C18H20N2O5. The quantitative estimate of drug-likeness (QED) is 0.592. The van der Waals surface area contributed by atoms with E-state index in [-0.39, 0.29) is 6.61 Å². The van der Waals surface area contributed by atoms with Gasteiger partial charge >= 0.3 is 0 Å². The summed E-state index contributed by atoms with van der Waals surface area (Å²) in [6, 6.07) is 10.2. The number of aliphatic hydroxyl groups is 1. The standard InChI is InChI=1S/C18H20N2O5/c1-23-15-8-12(9-16(24-2)17(15)25-3)10-19-20-18(22)14-7-5-4-6-13(14)11-21/h4-10,21H,11H2,1-3H3,(H,20,22). The molecule has 0 aromatic heterocycles. The van der Waals surface area contributed by atoms with Crippen molar-refractivity contribution in [3.05, 3.63) is 53.1 Å². The Morgan fingerprint density at radius 3 is 2.32 bits per heavy atom. The molecule has 0 saturated heterocycles. The first-order valence-corrected chi connectivity index (χ1v) is 7.46. The maximum absolute atomic E-state index is 12.2. The maximum Gasteiger partial charge on any atom is 0.271 e. The minimum absolute atomic E-state index is 0.222. The molecule has 0 aliphatic heterocycles. The number of hydrazone groups is 1. The smallest absolute Gasteiger partial charge is 0.271 e. The van der Waals surface area contributed by atoms with E-state index in [4.69, 9.17) is 14.2 Å². The summed E-state index contributed by atoms with van der Waals surface area (Å²) in [5, 5.41) is 13.2. The Labute approximate surface area is 145 Å². The Morgan fingerprint density at radius 1 is 1.12 bits per heavy atom. The van der Waals surface area contributed by atoms with Crippen LogP contribution in [-0.2, 0) is 6.61 Å². The Bertz CT molecular complexity index is 749. The van der Waals surface area contributed by atoms with Gasteiger partial charge in [-0.1, -0.05) is 18.2 Å². The van der Waals surface area contributed by atoms with E-state index in [2.05, 4.69) is 10.5 Å². The minimum Gasteiger partial charge on any atom is -0.493 e. The summed E-state index contributed by atoms with van der Waals surface area (Å²) in [5.41, 5.74) is 3.99. The van der Waals surface area contributed by atoms with Crippen LogP contribution in [0.2, 0.25) is 0 Å². The number of ether oxygens (including phenoxy) is 3. The van der Waals surface area contributed by atoms with E-state index in [9.17, 15) is 9.90 Å². The van der Waals surface area contributed by atoms with E-state index in [1.165, 1.54) is 27.5 Å². The summed E-state index contributed by atoms with van der Waals surface area (Å²) < 4.78 is 15.8. The van der Waals surface area contributed by atoms with E-state index in [1.54, 1.807) is 36.4 Å². The van der Waals surface area contributed by atoms with Crippen LogP contribution in [0.25, 0.3) is 0 Å². The lowest BCUT2D eigenvalue weighted by Crippen LogP contribution is -2.19. The third-order valence-electron chi connectivity index (χ3n) is 3.50. The topological polar surface area (TPSA) is 89.4 Å². The molecular weight excluding hydrogens is 324 g/mol. The highest BCUT2D eigenvalue weighted by Gasteiger charge is 2.13. The molecule has 1 amide bonds. The van der Waals surface area contributed by atoms with Crippen molar-refractivity contribution in [2.45, 2.75) is 6.61 Å². The Balaban J connectivity index is 2.18. The first kappa shape index (κ1) is 18.3. The predicted molar refractivity (Wildman–Crippen MR) is 93.5 cm³/mol. The summed E-state index contributed by atoms with van der Waals surface area (Å²) in [7, 11) is 4.56. The molecule has 132 valence electrons. The molecule has 2 aromatic carbocycles. The number of methoxy groups -OCH3 is 3. The first-order chi connectivity index (χ1) is 12.1. The second kappa shape index (κ2) is 8.70. The van der Waals surface area contributed by atoms with Gasteiger partial charge in [0.25, 0.3) is 5.91 Å². The number of benzene rings is 2. The molecule has 0 bridgehead atoms. The lowest BCUT2D eigenvalue weighted by molar-refractivity contribution is 0.0952. The average Bonchev–Trinajstić information content (AvgIpc) is 2.66. The van der Waals surface area contributed by atoms with Crippen LogP contribution in [0.3, 0.4) is 0 Å². The summed E-state index contributed by atoms with van der Waals surface area (Å²) in [5.74, 6) is 1.04. The molecule has 2 aromatic rings. The summed E-state index contributed by atoms with van der Waals surface area (Å²) >= 11 is 0. The van der Waals surface area contributed by atoms with Crippen molar-refractivity contribution in [3.8, 4) is 17.2 Å². The number of carbonyl (C=O) groups is 1. The first-order valence-electron chi connectivity index (χ1n) is 7.46. The van der Waals surface area contributed by atoms with Crippen LogP contribution in [0.1, 0.15) is 21.5 Å². The van der Waals surface area contributed by atoms with Crippen molar-refractivity contribution in [2.24, 2.45) is 5.10 Å². The Kier molecular flexibility index (Phi) is 6.36. The van der Waals surface area contributed by atoms with Crippen LogP contribution in [0.5, 0.6) is 17.2 Å². The van der Waals surface area contributed by atoms with Gasteiger partial charge in [-0.25, -0.2) is 5.43 Å². The van der Waals surface area contributed by atoms with Crippen LogP contribution in [0.15, 0.2) is 41.5 Å². The normalized spacial score (nSPS) is 10.6. The van der Waals surface area contributed by atoms with Gasteiger partial charge in [0.15, 0.2) is 11.5 Å². The number of rotatable bonds is 7. The highest BCUT2D eigenvalue weighted by atomic mass is 16.5. The molecule has 7 heteroatoms. The number of nitrogens with one attached hydrogen (secondary N) is 1. The van der Waals surface area contributed by atoms with Gasteiger partial charge in [0.1, 0.15) is 0 Å². The highest BCUT2D eigenvalue weighted by molar-refractivity contribution is 5.96. The van der Waals surface area contributed by atoms with E-state index in [0.717, 1.165) is 0 Å². The van der Waals surface area contributed by atoms with Gasteiger partial charge in [-0.3, -0.25) is 4.79 Å². The van der Waals surface area contributed by atoms with Crippen LogP contribution in [0, 0.1) is 0 Å². The zero-order chi connectivity index (χ0) is 18.2. The third kappa shape index (κ3) is 4.27. The SMILES string of the molecule is COc1cc(C=NNC(=O)c2ccccc2CO)cc(OC)c1OC. The van der Waals surface area contributed by atoms with E-state index in [1.807, 2.05) is 0 Å². The molecule has 2 N–H and O–H groups in total. The molecule has 0 heterocycles. The Morgan fingerprint density at radius 2 is 1.76 bits per heavy atom. The fraction of sp³-hybridized carbons (Fsp3) is 0.222. The Hall–Kier alpha value is -3.06. The lowest BCUT2D eigenvalue weighted by Gasteiger charge is -2.12. The average molecular weight is 344 g/mol. The lowest BCUT2D eigenvalue weighted by atomic mass is 10.1. The number of hydrogen-bond donors (Lipinski definition) is 2. The van der Waals surface area contributed by atoms with E-state index >= 15 is 0 Å². The van der Waals surface area contributed by atoms with Gasteiger partial charge in [0.05, 0.1) is 34.2 Å². The monoisotopic (exact) mass is 344 g/mol. The summed E-state index contributed by atoms with van der Waals surface area (Å²) in [6.07, 6.45) is 1.46. The largest absolute Gasteiger partial charge is 0.493 e. The second-order valence-electron chi connectivity index (χ2n) is 4.97. The molecule has 0 spiro atoms. The maximum atomic E-state index is 12.2. The number of carbonyl (C=O) groups excluding carboxylic acids is 1. The molecule has 7 nitrogen and oxygen atoms in total. The van der Waals surface area contributed by atoms with Crippen molar-refractivity contribution in [2.75, 3.05) is 21.3 Å². The van der Waals surface area contributed by atoms with Gasteiger partial charge in [0.2, 0.25) is 5.75 Å². The number of amides is 1. The molecule has 0 radical (unpaired) electrons. The molecule has 25 heavy (non-hydrogen) atoms. The summed E-state index contributed by atoms with van der Waals surface area (Å²) in [4.78, 5) is 12.2. The molecule has 0 aliphatic carbocycles. The molecule has 0 fully saturated rings. The molecule has 0 atom stereocenters. The van der Waals surface area contributed by atoms with Gasteiger partial charge in [-0.2, -0.15) is 5.10 Å². The highest BCUT2D eigenvalue weighted by Crippen LogP contribution is 2.37. The van der Waals surface area contributed by atoms with Crippen LogP contribution in [-0.4, -0.2) is 38.6 Å². The zero-order valence-electron chi connectivity index (χ0n) is 14.3. The van der Waals surface area contributed by atoms with Crippen LogP contribution in [0.4, 0.5) is 0 Å². The van der Waals surface area contributed by atoms with Crippen molar-refractivity contribution in [1.82, 2.24) is 5.43 Å². The van der Waals surface area contributed by atoms with Gasteiger partial charge in [-0.05, 0) is 23.8 Å². The molecule has 0 aliphatic rings. The van der Waals surface area contributed by atoms with Crippen LogP contribution >= 0.6 is 0 Å². The van der Waals surface area contributed by atoms with Crippen molar-refractivity contribution in [1.29, 1.82) is 0 Å². The number of nitrogens with zero attached hydrogens (tertiary/aromatic N) is 1. The van der Waals surface area contributed by atoms with Crippen LogP contribution < -0.4 is 19.6 Å². The van der Waals surface area contributed by atoms with Crippen molar-refractivity contribution >= 4 is 12.1 Å².